The molecule has 0 radical (unpaired) electrons. The first-order valence-electron chi connectivity index (χ1n) is 11.1. The number of hydrogen-bond donors (Lipinski definition) is 0. The van der Waals surface area contributed by atoms with Gasteiger partial charge in [0.15, 0.2) is 0 Å². The molecule has 2 aliphatic heterocycles. The summed E-state index contributed by atoms with van der Waals surface area (Å²) >= 11 is 0. The Morgan fingerprint density at radius 3 is 2.62 bits per heavy atom. The number of ether oxygens (including phenoxy) is 2. The largest absolute Gasteiger partial charge is 0.491 e. The molecule has 0 bridgehead atoms. The average molecular weight is 394 g/mol. The zero-order valence-corrected chi connectivity index (χ0v) is 17.6. The van der Waals surface area contributed by atoms with Crippen molar-refractivity contribution in [3.8, 4) is 5.75 Å². The molecule has 0 unspecified atom stereocenters. The molecule has 1 aromatic carbocycles. The summed E-state index contributed by atoms with van der Waals surface area (Å²) in [7, 11) is 0. The summed E-state index contributed by atoms with van der Waals surface area (Å²) in [6.07, 6.45) is 8.72. The Morgan fingerprint density at radius 1 is 1.14 bits per heavy atom. The van der Waals surface area contributed by atoms with Gasteiger partial charge in [-0.05, 0) is 44.4 Å². The van der Waals surface area contributed by atoms with E-state index in [4.69, 9.17) is 19.4 Å². The van der Waals surface area contributed by atoms with Gasteiger partial charge in [0.1, 0.15) is 17.2 Å². The molecule has 5 nitrogen and oxygen atoms in total. The molecular formula is C24H31N3O2. The standard InChI is InChI=1S/C24H31N3O2/c1-17(2)29-20-10-8-18(9-11-20)13-27-15-24(16-27)21-12-25-23(26-22(21)14-28-24)19-6-4-3-5-7-19/h8-12,17,19H,3-7,13-16H2,1-2H3. The molecule has 2 aromatic rings. The maximum Gasteiger partial charge on any atom is 0.131 e. The van der Waals surface area contributed by atoms with Crippen LogP contribution in [-0.4, -0.2) is 34.1 Å². The lowest BCUT2D eigenvalue weighted by molar-refractivity contribution is -0.145. The van der Waals surface area contributed by atoms with Crippen molar-refractivity contribution in [2.75, 3.05) is 13.1 Å². The maximum absolute atomic E-state index is 6.26. The second-order valence-electron chi connectivity index (χ2n) is 9.16. The first kappa shape index (κ1) is 19.0. The molecule has 0 N–H and O–H groups in total. The van der Waals surface area contributed by atoms with Gasteiger partial charge in [-0.25, -0.2) is 9.97 Å². The van der Waals surface area contributed by atoms with Gasteiger partial charge in [-0.3, -0.25) is 4.90 Å². The monoisotopic (exact) mass is 393 g/mol. The van der Waals surface area contributed by atoms with Crippen molar-refractivity contribution in [3.63, 3.8) is 0 Å². The third kappa shape index (κ3) is 3.78. The zero-order valence-electron chi connectivity index (χ0n) is 17.6. The summed E-state index contributed by atoms with van der Waals surface area (Å²) in [4.78, 5) is 12.1. The third-order valence-corrected chi connectivity index (χ3v) is 6.49. The van der Waals surface area contributed by atoms with E-state index in [0.29, 0.717) is 12.5 Å². The number of likely N-dealkylation sites (tertiary alicyclic amines) is 1. The van der Waals surface area contributed by atoms with Gasteiger partial charge in [0.05, 0.1) is 18.4 Å². The van der Waals surface area contributed by atoms with E-state index in [1.54, 1.807) is 0 Å². The van der Waals surface area contributed by atoms with E-state index in [2.05, 4.69) is 49.2 Å². The van der Waals surface area contributed by atoms with Crippen LogP contribution in [0.25, 0.3) is 0 Å². The lowest BCUT2D eigenvalue weighted by Gasteiger charge is -2.47. The minimum absolute atomic E-state index is 0.193. The van der Waals surface area contributed by atoms with Gasteiger partial charge in [-0.15, -0.1) is 0 Å². The molecule has 1 aromatic heterocycles. The van der Waals surface area contributed by atoms with Crippen LogP contribution in [0.2, 0.25) is 0 Å². The van der Waals surface area contributed by atoms with Crippen molar-refractivity contribution in [1.82, 2.24) is 14.9 Å². The Balaban J connectivity index is 1.22. The minimum Gasteiger partial charge on any atom is -0.491 e. The van der Waals surface area contributed by atoms with Gasteiger partial charge in [0, 0.05) is 37.3 Å². The van der Waals surface area contributed by atoms with Crippen molar-refractivity contribution in [2.24, 2.45) is 0 Å². The molecule has 0 atom stereocenters. The molecule has 1 saturated heterocycles. The second kappa shape index (κ2) is 7.69. The third-order valence-electron chi connectivity index (χ3n) is 6.49. The van der Waals surface area contributed by atoms with Crippen molar-refractivity contribution in [2.45, 2.75) is 76.7 Å². The molecule has 3 heterocycles. The Bertz CT molecular complexity index is 853. The van der Waals surface area contributed by atoms with Crippen LogP contribution in [0.15, 0.2) is 30.5 Å². The Hall–Kier alpha value is -1.98. The van der Waals surface area contributed by atoms with E-state index < -0.39 is 0 Å². The Kier molecular flexibility index (Phi) is 5.04. The fraction of sp³-hybridized carbons (Fsp3) is 0.583. The van der Waals surface area contributed by atoms with Gasteiger partial charge < -0.3 is 9.47 Å². The Morgan fingerprint density at radius 2 is 1.90 bits per heavy atom. The van der Waals surface area contributed by atoms with Gasteiger partial charge in [-0.1, -0.05) is 31.4 Å². The second-order valence-corrected chi connectivity index (χ2v) is 9.16. The zero-order chi connectivity index (χ0) is 19.8. The summed E-state index contributed by atoms with van der Waals surface area (Å²) in [5.41, 5.74) is 3.45. The van der Waals surface area contributed by atoms with Crippen LogP contribution in [0.1, 0.15) is 74.5 Å². The molecule has 29 heavy (non-hydrogen) atoms. The molecule has 0 amide bonds. The number of aromatic nitrogens is 2. The molecule has 5 rings (SSSR count). The fourth-order valence-corrected chi connectivity index (χ4v) is 5.02. The fourth-order valence-electron chi connectivity index (χ4n) is 5.02. The minimum atomic E-state index is -0.193. The van der Waals surface area contributed by atoms with Crippen molar-refractivity contribution in [3.05, 3.63) is 53.1 Å². The predicted molar refractivity (Wildman–Crippen MR) is 112 cm³/mol. The molecule has 1 spiro atoms. The molecule has 1 aliphatic carbocycles. The number of nitrogens with zero attached hydrogens (tertiary/aromatic N) is 3. The van der Waals surface area contributed by atoms with E-state index in [-0.39, 0.29) is 11.7 Å². The number of rotatable bonds is 5. The first-order valence-corrected chi connectivity index (χ1v) is 11.1. The van der Waals surface area contributed by atoms with Crippen molar-refractivity contribution in [1.29, 1.82) is 0 Å². The lowest BCUT2D eigenvalue weighted by atomic mass is 9.86. The molecule has 3 aliphatic rings. The topological polar surface area (TPSA) is 47.5 Å². The van der Waals surface area contributed by atoms with E-state index in [9.17, 15) is 0 Å². The number of benzene rings is 1. The molecular weight excluding hydrogens is 362 g/mol. The summed E-state index contributed by atoms with van der Waals surface area (Å²) in [6.45, 7) is 7.49. The highest BCUT2D eigenvalue weighted by Crippen LogP contribution is 2.43. The van der Waals surface area contributed by atoms with Gasteiger partial charge in [0.25, 0.3) is 0 Å². The summed E-state index contributed by atoms with van der Waals surface area (Å²) in [5.74, 6) is 2.53. The maximum atomic E-state index is 6.26. The van der Waals surface area contributed by atoms with Crippen LogP contribution in [0.3, 0.4) is 0 Å². The van der Waals surface area contributed by atoms with E-state index >= 15 is 0 Å². The van der Waals surface area contributed by atoms with Gasteiger partial charge in [-0.2, -0.15) is 0 Å². The van der Waals surface area contributed by atoms with Crippen molar-refractivity contribution >= 4 is 0 Å². The normalized spacial score (nSPS) is 21.3. The van der Waals surface area contributed by atoms with Gasteiger partial charge in [0.2, 0.25) is 0 Å². The molecule has 154 valence electrons. The first-order chi connectivity index (χ1) is 14.1. The van der Waals surface area contributed by atoms with E-state index in [1.807, 2.05) is 0 Å². The number of fused-ring (bicyclic) bond motifs is 2. The predicted octanol–water partition coefficient (Wildman–Crippen LogP) is 4.55. The van der Waals surface area contributed by atoms with Gasteiger partial charge >= 0.3 is 0 Å². The smallest absolute Gasteiger partial charge is 0.131 e. The average Bonchev–Trinajstić information content (AvgIpc) is 3.08. The van der Waals surface area contributed by atoms with E-state index in [1.165, 1.54) is 43.2 Å². The lowest BCUT2D eigenvalue weighted by Crippen LogP contribution is -2.58. The van der Waals surface area contributed by atoms with Crippen LogP contribution < -0.4 is 4.74 Å². The molecule has 1 saturated carbocycles. The summed E-state index contributed by atoms with van der Waals surface area (Å²) < 4.78 is 12.0. The van der Waals surface area contributed by atoms with Crippen LogP contribution in [0, 0.1) is 0 Å². The van der Waals surface area contributed by atoms with E-state index in [0.717, 1.165) is 36.9 Å². The highest BCUT2D eigenvalue weighted by Gasteiger charge is 2.50. The van der Waals surface area contributed by atoms with Crippen LogP contribution >= 0.6 is 0 Å². The summed E-state index contributed by atoms with van der Waals surface area (Å²) in [5, 5.41) is 0. The van der Waals surface area contributed by atoms with Crippen LogP contribution in [0.4, 0.5) is 0 Å². The summed E-state index contributed by atoms with van der Waals surface area (Å²) in [6, 6.07) is 8.44. The SMILES string of the molecule is CC(C)Oc1ccc(CN2CC3(C2)OCc2nc(C4CCCCC4)ncc23)cc1. The van der Waals surface area contributed by atoms with Crippen LogP contribution in [0.5, 0.6) is 5.75 Å². The number of hydrogen-bond acceptors (Lipinski definition) is 5. The highest BCUT2D eigenvalue weighted by molar-refractivity contribution is 5.34. The quantitative estimate of drug-likeness (QED) is 0.746. The van der Waals surface area contributed by atoms with Crippen molar-refractivity contribution < 1.29 is 9.47 Å². The van der Waals surface area contributed by atoms with Crippen LogP contribution in [-0.2, 0) is 23.5 Å². The Labute approximate surface area is 173 Å². The highest BCUT2D eigenvalue weighted by atomic mass is 16.5. The molecule has 2 fully saturated rings. The molecule has 5 heteroatoms.